The van der Waals surface area contributed by atoms with Crippen molar-refractivity contribution >= 4 is 11.8 Å². The fraction of sp³-hybridized carbons (Fsp3) is 0.800. The summed E-state index contributed by atoms with van der Waals surface area (Å²) in [6.45, 7) is 8.08. The van der Waals surface area contributed by atoms with Crippen LogP contribution in [-0.2, 0) is 14.3 Å². The van der Waals surface area contributed by atoms with Gasteiger partial charge in [-0.3, -0.25) is 9.59 Å². The first-order chi connectivity index (χ1) is 11.7. The lowest BCUT2D eigenvalue weighted by Crippen LogP contribution is -2.65. The van der Waals surface area contributed by atoms with E-state index in [-0.39, 0.29) is 36.8 Å². The molecule has 2 bridgehead atoms. The highest BCUT2D eigenvalue weighted by Crippen LogP contribution is 2.67. The van der Waals surface area contributed by atoms with E-state index in [4.69, 9.17) is 4.74 Å². The van der Waals surface area contributed by atoms with Crippen LogP contribution >= 0.6 is 0 Å². The number of rotatable bonds is 1. The third-order valence-electron chi connectivity index (χ3n) is 8.20. The first-order valence-electron chi connectivity index (χ1n) is 9.41. The Morgan fingerprint density at radius 1 is 1.24 bits per heavy atom. The molecule has 0 aromatic heterocycles. The molecule has 1 saturated heterocycles. The minimum Gasteiger partial charge on any atom is -0.464 e. The zero-order valence-electron chi connectivity index (χ0n) is 15.1. The average Bonchev–Trinajstić information content (AvgIpc) is 2.77. The predicted molar refractivity (Wildman–Crippen MR) is 90.4 cm³/mol. The van der Waals surface area contributed by atoms with Crippen LogP contribution in [0.2, 0.25) is 0 Å². The van der Waals surface area contributed by atoms with Crippen molar-refractivity contribution in [3.63, 3.8) is 0 Å². The third-order valence-corrected chi connectivity index (χ3v) is 8.20. The Hall–Kier alpha value is -1.20. The normalized spacial score (nSPS) is 48.4. The van der Waals surface area contributed by atoms with Gasteiger partial charge in [0.25, 0.3) is 0 Å². The van der Waals surface area contributed by atoms with Gasteiger partial charge in [0.15, 0.2) is 5.78 Å². The van der Waals surface area contributed by atoms with Crippen LogP contribution in [0.3, 0.4) is 0 Å². The van der Waals surface area contributed by atoms with E-state index in [1.54, 1.807) is 0 Å². The molecule has 2 spiro atoms. The van der Waals surface area contributed by atoms with Gasteiger partial charge in [-0.15, -0.1) is 0 Å². The zero-order chi connectivity index (χ0) is 18.2. The molecule has 138 valence electrons. The van der Waals surface area contributed by atoms with Gasteiger partial charge in [-0.25, -0.2) is 0 Å². The number of fused-ring (bicyclic) bond motifs is 2. The molecular formula is C20H28O5. The number of esters is 1. The van der Waals surface area contributed by atoms with E-state index in [2.05, 4.69) is 6.58 Å². The predicted octanol–water partition coefficient (Wildman–Crippen LogP) is 1.86. The van der Waals surface area contributed by atoms with Crippen molar-refractivity contribution in [1.82, 2.24) is 0 Å². The Morgan fingerprint density at radius 3 is 2.64 bits per heavy atom. The maximum absolute atomic E-state index is 13.1. The van der Waals surface area contributed by atoms with E-state index >= 15 is 0 Å². The summed E-state index contributed by atoms with van der Waals surface area (Å²) in [5.74, 6) is -0.784. The van der Waals surface area contributed by atoms with Gasteiger partial charge in [0.1, 0.15) is 5.41 Å². The number of carbonyl (C=O) groups is 2. The van der Waals surface area contributed by atoms with E-state index in [1.165, 1.54) is 0 Å². The summed E-state index contributed by atoms with van der Waals surface area (Å²) in [5.41, 5.74) is -1.47. The smallest absolute Gasteiger partial charge is 0.320 e. The summed E-state index contributed by atoms with van der Waals surface area (Å²) in [4.78, 5) is 25.9. The molecule has 0 amide bonds. The minimum atomic E-state index is -1.11. The topological polar surface area (TPSA) is 83.8 Å². The second-order valence-electron chi connectivity index (χ2n) is 9.28. The number of ether oxygens (including phenoxy) is 1. The van der Waals surface area contributed by atoms with Crippen molar-refractivity contribution in [3.05, 3.63) is 12.2 Å². The molecule has 1 aliphatic heterocycles. The molecule has 0 aromatic rings. The Morgan fingerprint density at radius 2 is 1.96 bits per heavy atom. The van der Waals surface area contributed by atoms with Crippen molar-refractivity contribution in [3.8, 4) is 0 Å². The summed E-state index contributed by atoms with van der Waals surface area (Å²) in [5, 5.41) is 20.8. The van der Waals surface area contributed by atoms with Crippen molar-refractivity contribution < 1.29 is 24.5 Å². The van der Waals surface area contributed by atoms with Crippen molar-refractivity contribution in [1.29, 1.82) is 0 Å². The maximum Gasteiger partial charge on any atom is 0.320 e. The lowest BCUT2D eigenvalue weighted by Gasteiger charge is -2.61. The van der Waals surface area contributed by atoms with Gasteiger partial charge in [0.05, 0.1) is 12.7 Å². The molecule has 4 rings (SSSR count). The van der Waals surface area contributed by atoms with Crippen LogP contribution in [-0.4, -0.2) is 41.3 Å². The van der Waals surface area contributed by atoms with Crippen molar-refractivity contribution in [2.75, 3.05) is 13.2 Å². The summed E-state index contributed by atoms with van der Waals surface area (Å²) < 4.78 is 5.65. The first kappa shape index (κ1) is 17.2. The fourth-order valence-electron chi connectivity index (χ4n) is 6.72. The molecule has 6 atom stereocenters. The number of aliphatic hydroxyl groups is 2. The van der Waals surface area contributed by atoms with E-state index in [0.29, 0.717) is 24.8 Å². The third kappa shape index (κ3) is 1.86. The van der Waals surface area contributed by atoms with Gasteiger partial charge in [0, 0.05) is 12.0 Å². The molecule has 4 fully saturated rings. The zero-order valence-corrected chi connectivity index (χ0v) is 15.1. The highest BCUT2D eigenvalue weighted by Gasteiger charge is 2.72. The molecule has 5 nitrogen and oxygen atoms in total. The van der Waals surface area contributed by atoms with Crippen LogP contribution in [0.1, 0.15) is 46.0 Å². The molecule has 0 radical (unpaired) electrons. The monoisotopic (exact) mass is 348 g/mol. The molecule has 2 N–H and O–H groups in total. The Balaban J connectivity index is 1.85. The summed E-state index contributed by atoms with van der Waals surface area (Å²) >= 11 is 0. The van der Waals surface area contributed by atoms with Crippen molar-refractivity contribution in [2.24, 2.45) is 34.0 Å². The number of ketones is 1. The lowest BCUT2D eigenvalue weighted by atomic mass is 9.44. The molecule has 1 heterocycles. The fourth-order valence-corrected chi connectivity index (χ4v) is 6.72. The van der Waals surface area contributed by atoms with E-state index in [0.717, 1.165) is 12.8 Å². The molecule has 3 aliphatic carbocycles. The molecule has 3 saturated carbocycles. The quantitative estimate of drug-likeness (QED) is 0.429. The summed E-state index contributed by atoms with van der Waals surface area (Å²) in [7, 11) is 0. The van der Waals surface area contributed by atoms with Gasteiger partial charge in [0.2, 0.25) is 0 Å². The van der Waals surface area contributed by atoms with Crippen LogP contribution in [0.15, 0.2) is 12.2 Å². The molecular weight excluding hydrogens is 320 g/mol. The van der Waals surface area contributed by atoms with E-state index in [9.17, 15) is 19.8 Å². The van der Waals surface area contributed by atoms with Crippen LogP contribution in [0.4, 0.5) is 0 Å². The molecule has 5 heteroatoms. The average molecular weight is 348 g/mol. The highest BCUT2D eigenvalue weighted by atomic mass is 16.5. The van der Waals surface area contributed by atoms with Crippen LogP contribution in [0.25, 0.3) is 0 Å². The van der Waals surface area contributed by atoms with Gasteiger partial charge in [-0.2, -0.15) is 0 Å². The second kappa shape index (κ2) is 5.17. The largest absolute Gasteiger partial charge is 0.464 e. The van der Waals surface area contributed by atoms with Gasteiger partial charge in [-0.05, 0) is 60.8 Å². The summed E-state index contributed by atoms with van der Waals surface area (Å²) in [6.07, 6.45) is 2.94. The number of cyclic esters (lactones) is 1. The van der Waals surface area contributed by atoms with Gasteiger partial charge >= 0.3 is 5.97 Å². The Kier molecular flexibility index (Phi) is 3.56. The Labute approximate surface area is 148 Å². The van der Waals surface area contributed by atoms with Gasteiger partial charge in [-0.1, -0.05) is 20.4 Å². The first-order valence-corrected chi connectivity index (χ1v) is 9.41. The Bertz CT molecular complexity index is 652. The minimum absolute atomic E-state index is 0.0766. The molecule has 4 aliphatic rings. The SMILES string of the molecule is C=C1C(=O)C23CC1CCC2C1(CCC(O)C(C)(C)C1CO)COC3=O. The molecule has 6 unspecified atom stereocenters. The molecule has 0 aromatic carbocycles. The standard InChI is InChI=1S/C20H28O5/c1-11-12-4-5-13-19(7-6-15(22)18(2,3)14(19)9-21)10-25-17(24)20(13,8-12)16(11)23/h12-15,21-22H,1,4-10H2,2-3H3. The highest BCUT2D eigenvalue weighted by molar-refractivity contribution is 6.15. The lowest BCUT2D eigenvalue weighted by molar-refractivity contribution is -0.227. The van der Waals surface area contributed by atoms with E-state index < -0.39 is 28.3 Å². The number of aliphatic hydroxyl groups excluding tert-OH is 2. The number of Topliss-reactive ketones (excluding diaryl/α,β-unsaturated/α-hetero) is 1. The number of hydrogen-bond acceptors (Lipinski definition) is 5. The van der Waals surface area contributed by atoms with Crippen LogP contribution in [0, 0.1) is 34.0 Å². The molecule has 25 heavy (non-hydrogen) atoms. The van der Waals surface area contributed by atoms with Gasteiger partial charge < -0.3 is 14.9 Å². The van der Waals surface area contributed by atoms with Crippen molar-refractivity contribution in [2.45, 2.75) is 52.1 Å². The maximum atomic E-state index is 13.1. The van der Waals surface area contributed by atoms with Crippen LogP contribution in [0.5, 0.6) is 0 Å². The number of carbonyl (C=O) groups excluding carboxylic acids is 2. The number of allylic oxidation sites excluding steroid dienone is 1. The second-order valence-corrected chi connectivity index (χ2v) is 9.28. The van der Waals surface area contributed by atoms with E-state index in [1.807, 2.05) is 13.8 Å². The summed E-state index contributed by atoms with van der Waals surface area (Å²) in [6, 6.07) is 0. The number of hydrogen-bond donors (Lipinski definition) is 2. The van der Waals surface area contributed by atoms with Crippen LogP contribution < -0.4 is 0 Å².